The van der Waals surface area contributed by atoms with Crippen LogP contribution >= 0.6 is 0 Å². The molecule has 3 saturated heterocycles. The third-order valence-electron chi connectivity index (χ3n) is 6.26. The predicted octanol–water partition coefficient (Wildman–Crippen LogP) is 1.99. The smallest absolute Gasteiger partial charge is 0.138 e. The summed E-state index contributed by atoms with van der Waals surface area (Å²) in [4.78, 5) is 5.25. The Bertz CT molecular complexity index is 565. The van der Waals surface area contributed by atoms with Crippen LogP contribution in [0, 0.1) is 19.3 Å². The number of likely N-dealkylation sites (tertiary alicyclic amines) is 1. The number of rotatable bonds is 3. The lowest BCUT2D eigenvalue weighted by Gasteiger charge is -2.35. The quantitative estimate of drug-likeness (QED) is 0.832. The molecule has 1 aromatic rings. The third kappa shape index (κ3) is 3.77. The van der Waals surface area contributed by atoms with Gasteiger partial charge >= 0.3 is 0 Å². The van der Waals surface area contributed by atoms with Crippen LogP contribution in [0.25, 0.3) is 0 Å². The van der Waals surface area contributed by atoms with Gasteiger partial charge in [0, 0.05) is 56.4 Å². The Morgan fingerprint density at radius 2 is 1.92 bits per heavy atom. The van der Waals surface area contributed by atoms with Gasteiger partial charge in [-0.1, -0.05) is 5.16 Å². The highest BCUT2D eigenvalue weighted by Crippen LogP contribution is 2.36. The lowest BCUT2D eigenvalue weighted by molar-refractivity contribution is 0.0284. The molecule has 3 aliphatic rings. The molecule has 0 unspecified atom stereocenters. The molecule has 0 aliphatic carbocycles. The first-order valence-corrected chi connectivity index (χ1v) is 9.69. The Morgan fingerprint density at radius 1 is 1.08 bits per heavy atom. The number of aryl methyl sites for hydroxylation is 2. The minimum atomic E-state index is 0.272. The molecule has 4 heterocycles. The molecule has 0 aromatic carbocycles. The van der Waals surface area contributed by atoms with Gasteiger partial charge in [-0.2, -0.15) is 0 Å². The normalized spacial score (nSPS) is 30.2. The zero-order chi connectivity index (χ0) is 17.3. The molecule has 140 valence electrons. The zero-order valence-electron chi connectivity index (χ0n) is 15.6. The van der Waals surface area contributed by atoms with Gasteiger partial charge in [-0.15, -0.1) is 0 Å². The van der Waals surface area contributed by atoms with Gasteiger partial charge in [-0.25, -0.2) is 0 Å². The first kappa shape index (κ1) is 17.5. The first-order valence-electron chi connectivity index (χ1n) is 9.69. The molecule has 25 heavy (non-hydrogen) atoms. The fourth-order valence-electron chi connectivity index (χ4n) is 4.75. The van der Waals surface area contributed by atoms with E-state index < -0.39 is 0 Å². The molecule has 0 radical (unpaired) electrons. The van der Waals surface area contributed by atoms with Crippen molar-refractivity contribution in [2.24, 2.45) is 5.41 Å². The summed E-state index contributed by atoms with van der Waals surface area (Å²) in [5.74, 6) is 0.951. The van der Waals surface area contributed by atoms with Crippen LogP contribution in [0.1, 0.15) is 36.3 Å². The van der Waals surface area contributed by atoms with Crippen LogP contribution < -0.4 is 0 Å². The van der Waals surface area contributed by atoms with Crippen LogP contribution in [0.15, 0.2) is 4.52 Å². The van der Waals surface area contributed by atoms with E-state index in [4.69, 9.17) is 14.0 Å². The summed E-state index contributed by atoms with van der Waals surface area (Å²) >= 11 is 0. The molecule has 1 atom stereocenters. The Morgan fingerprint density at radius 3 is 2.68 bits per heavy atom. The maximum absolute atomic E-state index is 6.05. The van der Waals surface area contributed by atoms with Crippen LogP contribution in [0.5, 0.6) is 0 Å². The molecule has 6 nitrogen and oxygen atoms in total. The van der Waals surface area contributed by atoms with Crippen molar-refractivity contribution in [2.75, 3.05) is 52.6 Å². The van der Waals surface area contributed by atoms with E-state index in [0.717, 1.165) is 64.1 Å². The second-order valence-electron chi connectivity index (χ2n) is 8.13. The molecular formula is C19H31N3O3. The van der Waals surface area contributed by atoms with Gasteiger partial charge in [0.2, 0.25) is 0 Å². The minimum absolute atomic E-state index is 0.272. The Kier molecular flexibility index (Phi) is 5.13. The predicted molar refractivity (Wildman–Crippen MR) is 94.5 cm³/mol. The van der Waals surface area contributed by atoms with E-state index in [1.54, 1.807) is 0 Å². The van der Waals surface area contributed by atoms with Crippen LogP contribution in [0.4, 0.5) is 0 Å². The fourth-order valence-corrected chi connectivity index (χ4v) is 4.75. The molecule has 3 aliphatic heterocycles. The van der Waals surface area contributed by atoms with Crippen LogP contribution in [0.3, 0.4) is 0 Å². The van der Waals surface area contributed by atoms with Crippen LogP contribution in [-0.2, 0) is 16.0 Å². The van der Waals surface area contributed by atoms with Crippen molar-refractivity contribution in [3.63, 3.8) is 0 Å². The van der Waals surface area contributed by atoms with E-state index in [0.29, 0.717) is 6.04 Å². The molecule has 0 amide bonds. The van der Waals surface area contributed by atoms with E-state index in [1.165, 1.54) is 31.4 Å². The van der Waals surface area contributed by atoms with Crippen molar-refractivity contribution in [3.05, 3.63) is 17.0 Å². The number of nitrogens with zero attached hydrogens (tertiary/aromatic N) is 3. The molecule has 3 fully saturated rings. The Balaban J connectivity index is 1.43. The summed E-state index contributed by atoms with van der Waals surface area (Å²) in [6, 6.07) is 0.701. The van der Waals surface area contributed by atoms with Crippen molar-refractivity contribution >= 4 is 0 Å². The standard InChI is InChI=1S/C19H31N3O3/c1-15-18(16(2)25-20-15)11-21-7-10-24-14-19(12-21)5-6-22(13-19)17-3-8-23-9-4-17/h17H,3-14H2,1-2H3/t19-/m1/s1. The maximum Gasteiger partial charge on any atom is 0.138 e. The van der Waals surface area contributed by atoms with Crippen molar-refractivity contribution in [1.29, 1.82) is 0 Å². The number of hydrogen-bond donors (Lipinski definition) is 0. The lowest BCUT2D eigenvalue weighted by Crippen LogP contribution is -2.43. The number of ether oxygens (including phenoxy) is 2. The molecular weight excluding hydrogens is 318 g/mol. The summed E-state index contributed by atoms with van der Waals surface area (Å²) in [5.41, 5.74) is 2.54. The summed E-state index contributed by atoms with van der Waals surface area (Å²) < 4.78 is 16.9. The largest absolute Gasteiger partial charge is 0.381 e. The van der Waals surface area contributed by atoms with Gasteiger partial charge < -0.3 is 14.0 Å². The molecule has 1 aromatic heterocycles. The second-order valence-corrected chi connectivity index (χ2v) is 8.13. The minimum Gasteiger partial charge on any atom is -0.381 e. The number of hydrogen-bond acceptors (Lipinski definition) is 6. The van der Waals surface area contributed by atoms with E-state index in [1.807, 2.05) is 13.8 Å². The van der Waals surface area contributed by atoms with Gasteiger partial charge in [0.1, 0.15) is 5.76 Å². The molecule has 0 bridgehead atoms. The third-order valence-corrected chi connectivity index (χ3v) is 6.26. The topological polar surface area (TPSA) is 51.0 Å². The zero-order valence-corrected chi connectivity index (χ0v) is 15.6. The molecule has 1 spiro atoms. The van der Waals surface area contributed by atoms with Crippen LogP contribution in [-0.4, -0.2) is 73.6 Å². The van der Waals surface area contributed by atoms with Crippen molar-refractivity contribution in [1.82, 2.24) is 15.0 Å². The summed E-state index contributed by atoms with van der Waals surface area (Å²) in [7, 11) is 0. The van der Waals surface area contributed by atoms with Gasteiger partial charge in [0.25, 0.3) is 0 Å². The van der Waals surface area contributed by atoms with E-state index >= 15 is 0 Å². The summed E-state index contributed by atoms with van der Waals surface area (Å²) in [6.45, 7) is 13.0. The second kappa shape index (κ2) is 7.35. The van der Waals surface area contributed by atoms with Gasteiger partial charge in [-0.3, -0.25) is 9.80 Å². The van der Waals surface area contributed by atoms with E-state index in [-0.39, 0.29) is 5.41 Å². The van der Waals surface area contributed by atoms with Gasteiger partial charge in [0.15, 0.2) is 0 Å². The SMILES string of the molecule is Cc1noc(C)c1CN1CCOC[C@]2(CCN(C3CCOCC3)C2)C1. The maximum atomic E-state index is 6.05. The number of aromatic nitrogens is 1. The van der Waals surface area contributed by atoms with Crippen LogP contribution in [0.2, 0.25) is 0 Å². The monoisotopic (exact) mass is 349 g/mol. The average molecular weight is 349 g/mol. The lowest BCUT2D eigenvalue weighted by atomic mass is 9.87. The average Bonchev–Trinajstić information content (AvgIpc) is 3.10. The molecule has 0 N–H and O–H groups in total. The highest BCUT2D eigenvalue weighted by atomic mass is 16.5. The van der Waals surface area contributed by atoms with Crippen molar-refractivity contribution in [3.8, 4) is 0 Å². The van der Waals surface area contributed by atoms with Gasteiger partial charge in [-0.05, 0) is 39.7 Å². The molecule has 4 rings (SSSR count). The Labute approximate surface area is 150 Å². The van der Waals surface area contributed by atoms with Gasteiger partial charge in [0.05, 0.1) is 18.9 Å². The summed E-state index contributed by atoms with van der Waals surface area (Å²) in [5, 5.41) is 4.11. The first-order chi connectivity index (χ1) is 12.2. The fraction of sp³-hybridized carbons (Fsp3) is 0.842. The van der Waals surface area contributed by atoms with E-state index in [9.17, 15) is 0 Å². The molecule has 0 saturated carbocycles. The highest BCUT2D eigenvalue weighted by Gasteiger charge is 2.43. The highest BCUT2D eigenvalue weighted by molar-refractivity contribution is 5.20. The summed E-state index contributed by atoms with van der Waals surface area (Å²) in [6.07, 6.45) is 3.60. The Hall–Kier alpha value is -0.950. The van der Waals surface area contributed by atoms with Crippen molar-refractivity contribution < 1.29 is 14.0 Å². The van der Waals surface area contributed by atoms with Crippen molar-refractivity contribution in [2.45, 2.75) is 45.7 Å². The van der Waals surface area contributed by atoms with E-state index in [2.05, 4.69) is 15.0 Å². The molecule has 6 heteroatoms.